The molecule has 1 aliphatic rings. The predicted molar refractivity (Wildman–Crippen MR) is 40.6 cm³/mol. The summed E-state index contributed by atoms with van der Waals surface area (Å²) in [6.07, 6.45) is 6.87. The molecular weight excluding hydrogens is 110 g/mol. The second-order valence-electron chi connectivity index (χ2n) is 2.46. The number of aliphatic imine (C=N–C) groups is 1. The summed E-state index contributed by atoms with van der Waals surface area (Å²) < 4.78 is 0. The molecule has 0 saturated heterocycles. The van der Waals surface area contributed by atoms with Crippen molar-refractivity contribution in [3.8, 4) is 0 Å². The van der Waals surface area contributed by atoms with Gasteiger partial charge in [-0.15, -0.1) is 0 Å². The van der Waals surface area contributed by atoms with Crippen LogP contribution in [0, 0.1) is 0 Å². The van der Waals surface area contributed by atoms with Gasteiger partial charge in [0.25, 0.3) is 0 Å². The molecule has 0 aromatic carbocycles. The first kappa shape index (κ1) is 6.27. The van der Waals surface area contributed by atoms with Gasteiger partial charge in [-0.25, -0.2) is 0 Å². The summed E-state index contributed by atoms with van der Waals surface area (Å²) >= 11 is 0. The summed E-state index contributed by atoms with van der Waals surface area (Å²) in [5.74, 6) is 0. The Labute approximate surface area is 55.8 Å². The Balaban J connectivity index is 2.77. The van der Waals surface area contributed by atoms with Gasteiger partial charge < -0.3 is 0 Å². The van der Waals surface area contributed by atoms with Gasteiger partial charge in [0.15, 0.2) is 0 Å². The third-order valence-electron chi connectivity index (χ3n) is 1.30. The number of hydrogen-bond acceptors (Lipinski definition) is 1. The third kappa shape index (κ3) is 1.84. The van der Waals surface area contributed by atoms with Crippen LogP contribution in [0.1, 0.15) is 20.3 Å². The highest BCUT2D eigenvalue weighted by Gasteiger charge is 1.92. The molecule has 9 heavy (non-hydrogen) atoms. The number of rotatable bonds is 0. The van der Waals surface area contributed by atoms with Crippen molar-refractivity contribution in [3.05, 3.63) is 23.4 Å². The van der Waals surface area contributed by atoms with Crippen molar-refractivity contribution in [1.29, 1.82) is 0 Å². The third-order valence-corrected chi connectivity index (χ3v) is 1.30. The van der Waals surface area contributed by atoms with Gasteiger partial charge in [0.05, 0.1) is 0 Å². The topological polar surface area (TPSA) is 12.4 Å². The van der Waals surface area contributed by atoms with Crippen LogP contribution in [0.2, 0.25) is 0 Å². The summed E-state index contributed by atoms with van der Waals surface area (Å²) in [4.78, 5) is 4.04. The first-order valence-corrected chi connectivity index (χ1v) is 3.13. The summed E-state index contributed by atoms with van der Waals surface area (Å²) in [7, 11) is 0. The maximum absolute atomic E-state index is 4.04. The fraction of sp³-hybridized carbons (Fsp3) is 0.375. The van der Waals surface area contributed by atoms with Crippen LogP contribution in [-0.2, 0) is 0 Å². The number of hydrogen-bond donors (Lipinski definition) is 0. The summed E-state index contributed by atoms with van der Waals surface area (Å²) in [5, 5.41) is 0. The molecule has 1 nitrogen and oxygen atoms in total. The van der Waals surface area contributed by atoms with Gasteiger partial charge in [-0.1, -0.05) is 11.1 Å². The second-order valence-corrected chi connectivity index (χ2v) is 2.46. The molecule has 0 saturated carbocycles. The van der Waals surface area contributed by atoms with E-state index in [1.54, 1.807) is 0 Å². The van der Waals surface area contributed by atoms with Gasteiger partial charge in [0.1, 0.15) is 0 Å². The lowest BCUT2D eigenvalue weighted by Crippen LogP contribution is -1.76. The summed E-state index contributed by atoms with van der Waals surface area (Å²) in [6.45, 7) is 4.22. The van der Waals surface area contributed by atoms with Crippen LogP contribution in [0.25, 0.3) is 0 Å². The van der Waals surface area contributed by atoms with E-state index in [0.717, 1.165) is 6.42 Å². The molecule has 1 aliphatic heterocycles. The Morgan fingerprint density at radius 3 is 2.89 bits per heavy atom. The van der Waals surface area contributed by atoms with Crippen molar-refractivity contribution in [2.24, 2.45) is 4.99 Å². The maximum atomic E-state index is 4.04. The Kier molecular flexibility index (Phi) is 1.83. The zero-order chi connectivity index (χ0) is 6.69. The average Bonchev–Trinajstić information content (AvgIpc) is 1.93. The van der Waals surface area contributed by atoms with Crippen LogP contribution in [0.5, 0.6) is 0 Å². The summed E-state index contributed by atoms with van der Waals surface area (Å²) in [5.41, 5.74) is 2.71. The molecule has 0 radical (unpaired) electrons. The molecule has 0 unspecified atom stereocenters. The number of nitrogens with zero attached hydrogens (tertiary/aromatic N) is 1. The monoisotopic (exact) mass is 121 g/mol. The Bertz CT molecular complexity index is 165. The van der Waals surface area contributed by atoms with E-state index in [0.29, 0.717) is 0 Å². The van der Waals surface area contributed by atoms with E-state index in [1.807, 2.05) is 18.5 Å². The van der Waals surface area contributed by atoms with Crippen LogP contribution in [0.15, 0.2) is 28.4 Å². The molecule has 0 aromatic rings. The summed E-state index contributed by atoms with van der Waals surface area (Å²) in [6, 6.07) is 0. The first-order chi connectivity index (χ1) is 4.29. The van der Waals surface area contributed by atoms with Crippen molar-refractivity contribution in [2.75, 3.05) is 0 Å². The molecule has 0 bridgehead atoms. The Morgan fingerprint density at radius 1 is 1.33 bits per heavy atom. The van der Waals surface area contributed by atoms with Gasteiger partial charge in [-0.05, 0) is 26.3 Å². The van der Waals surface area contributed by atoms with Crippen LogP contribution >= 0.6 is 0 Å². The van der Waals surface area contributed by atoms with E-state index in [9.17, 15) is 0 Å². The first-order valence-electron chi connectivity index (χ1n) is 3.13. The molecule has 0 N–H and O–H groups in total. The molecule has 1 heterocycles. The van der Waals surface area contributed by atoms with E-state index in [4.69, 9.17) is 0 Å². The molecule has 48 valence electrons. The van der Waals surface area contributed by atoms with Crippen molar-refractivity contribution in [2.45, 2.75) is 20.3 Å². The van der Waals surface area contributed by atoms with E-state index >= 15 is 0 Å². The molecule has 1 rings (SSSR count). The van der Waals surface area contributed by atoms with Crippen molar-refractivity contribution < 1.29 is 0 Å². The van der Waals surface area contributed by atoms with Gasteiger partial charge in [0.2, 0.25) is 0 Å². The van der Waals surface area contributed by atoms with E-state index in [1.165, 1.54) is 11.1 Å². The second kappa shape index (κ2) is 2.62. The van der Waals surface area contributed by atoms with Crippen LogP contribution < -0.4 is 0 Å². The molecule has 0 aliphatic carbocycles. The van der Waals surface area contributed by atoms with E-state index in [2.05, 4.69) is 18.8 Å². The quantitative estimate of drug-likeness (QED) is 0.466. The largest absolute Gasteiger partial charge is 0.265 e. The minimum absolute atomic E-state index is 1.07. The lowest BCUT2D eigenvalue weighted by atomic mass is 10.1. The predicted octanol–water partition coefficient (Wildman–Crippen LogP) is 2.31. The van der Waals surface area contributed by atoms with Crippen molar-refractivity contribution in [3.63, 3.8) is 0 Å². The average molecular weight is 121 g/mol. The van der Waals surface area contributed by atoms with E-state index in [-0.39, 0.29) is 0 Å². The van der Waals surface area contributed by atoms with Crippen molar-refractivity contribution in [1.82, 2.24) is 0 Å². The zero-order valence-corrected chi connectivity index (χ0v) is 5.89. The molecule has 0 fully saturated rings. The van der Waals surface area contributed by atoms with Crippen molar-refractivity contribution >= 4 is 6.21 Å². The van der Waals surface area contributed by atoms with Gasteiger partial charge in [0, 0.05) is 12.4 Å². The lowest BCUT2D eigenvalue weighted by Gasteiger charge is -1.94. The van der Waals surface area contributed by atoms with Crippen LogP contribution in [0.4, 0.5) is 0 Å². The molecule has 0 amide bonds. The van der Waals surface area contributed by atoms with E-state index < -0.39 is 0 Å². The highest BCUT2D eigenvalue weighted by Crippen LogP contribution is 2.10. The molecule has 0 aromatic heterocycles. The highest BCUT2D eigenvalue weighted by molar-refractivity contribution is 5.73. The molecular formula is C8H11N. The maximum Gasteiger partial charge on any atom is 0.0267 e. The van der Waals surface area contributed by atoms with Crippen LogP contribution in [-0.4, -0.2) is 6.21 Å². The normalized spacial score (nSPS) is 18.4. The highest BCUT2D eigenvalue weighted by atomic mass is 14.7. The molecule has 0 atom stereocenters. The van der Waals surface area contributed by atoms with Crippen LogP contribution in [0.3, 0.4) is 0 Å². The minimum Gasteiger partial charge on any atom is -0.265 e. The Morgan fingerprint density at radius 2 is 2.11 bits per heavy atom. The fourth-order valence-corrected chi connectivity index (χ4v) is 0.885. The smallest absolute Gasteiger partial charge is 0.0267 e. The van der Waals surface area contributed by atoms with Gasteiger partial charge in [-0.3, -0.25) is 4.99 Å². The molecule has 1 heteroatoms. The fourth-order valence-electron chi connectivity index (χ4n) is 0.885. The van der Waals surface area contributed by atoms with Gasteiger partial charge in [-0.2, -0.15) is 0 Å². The zero-order valence-electron chi connectivity index (χ0n) is 5.89. The lowest BCUT2D eigenvalue weighted by molar-refractivity contribution is 1.11. The Hall–Kier alpha value is -0.850. The minimum atomic E-state index is 1.07. The standard InChI is InChI=1S/C8H11N/c1-7-3-4-9-6-8(2)5-7/h3-4,6H,5H2,1-2H3. The SMILES string of the molecule is CC1=CC=NC=C(C)C1. The molecule has 0 spiro atoms. The number of allylic oxidation sites excluding steroid dienone is 3. The van der Waals surface area contributed by atoms with Gasteiger partial charge >= 0.3 is 0 Å².